The number of guanidine groups is 1. The van der Waals surface area contributed by atoms with E-state index in [0.717, 1.165) is 37.9 Å². The van der Waals surface area contributed by atoms with Gasteiger partial charge in [0.15, 0.2) is 5.96 Å². The third kappa shape index (κ3) is 9.09. The van der Waals surface area contributed by atoms with Gasteiger partial charge in [0, 0.05) is 39.3 Å². The van der Waals surface area contributed by atoms with Crippen molar-refractivity contribution in [2.45, 2.75) is 45.7 Å². The van der Waals surface area contributed by atoms with Crippen molar-refractivity contribution >= 4 is 29.9 Å². The second-order valence-corrected chi connectivity index (χ2v) is 7.87. The fraction of sp³-hybridized carbons (Fsp3) is 0.682. The van der Waals surface area contributed by atoms with Gasteiger partial charge in [0.25, 0.3) is 0 Å². The van der Waals surface area contributed by atoms with E-state index < -0.39 is 0 Å². The molecule has 0 amide bonds. The Morgan fingerprint density at radius 2 is 2.04 bits per heavy atom. The summed E-state index contributed by atoms with van der Waals surface area (Å²) in [5, 5.41) is 6.99. The molecule has 28 heavy (non-hydrogen) atoms. The zero-order chi connectivity index (χ0) is 19.5. The summed E-state index contributed by atoms with van der Waals surface area (Å²) in [4.78, 5) is 9.37. The molecule has 0 saturated carbocycles. The van der Waals surface area contributed by atoms with Crippen molar-refractivity contribution in [3.8, 4) is 0 Å². The Kier molecular flexibility index (Phi) is 12.7. The van der Waals surface area contributed by atoms with Gasteiger partial charge in [-0.2, -0.15) is 0 Å². The van der Waals surface area contributed by atoms with Crippen molar-refractivity contribution in [1.29, 1.82) is 0 Å². The summed E-state index contributed by atoms with van der Waals surface area (Å²) < 4.78 is 0. The van der Waals surface area contributed by atoms with E-state index in [1.54, 1.807) is 0 Å². The maximum Gasteiger partial charge on any atom is 0.190 e. The quantitative estimate of drug-likeness (QED) is 0.293. The molecule has 1 saturated heterocycles. The summed E-state index contributed by atoms with van der Waals surface area (Å²) in [5.41, 5.74) is 1.37. The molecular formula is C22H40IN5. The van der Waals surface area contributed by atoms with E-state index >= 15 is 0 Å². The number of likely N-dealkylation sites (tertiary alicyclic amines) is 1. The molecular weight excluding hydrogens is 461 g/mol. The molecule has 0 aromatic heterocycles. The highest BCUT2D eigenvalue weighted by molar-refractivity contribution is 14.0. The van der Waals surface area contributed by atoms with Crippen LogP contribution in [0.4, 0.5) is 0 Å². The summed E-state index contributed by atoms with van der Waals surface area (Å²) in [6.07, 6.45) is 3.64. The Bertz CT molecular complexity index is 551. The number of nitrogens with one attached hydrogen (secondary N) is 2. The maximum atomic E-state index is 4.38. The molecule has 0 spiro atoms. The SMILES string of the molecule is CCCN1CCC(CNC(=NC)NCCC(C)N(C)Cc2ccccc2)C1.I. The first-order valence-corrected chi connectivity index (χ1v) is 10.5. The Morgan fingerprint density at radius 3 is 2.71 bits per heavy atom. The Morgan fingerprint density at radius 1 is 1.29 bits per heavy atom. The Labute approximate surface area is 189 Å². The molecule has 1 aliphatic rings. The predicted octanol–water partition coefficient (Wildman–Crippen LogP) is 3.41. The Balaban J connectivity index is 0.00000392. The van der Waals surface area contributed by atoms with Gasteiger partial charge >= 0.3 is 0 Å². The lowest BCUT2D eigenvalue weighted by molar-refractivity contribution is 0.238. The highest BCUT2D eigenvalue weighted by Gasteiger charge is 2.21. The van der Waals surface area contributed by atoms with E-state index in [4.69, 9.17) is 0 Å². The van der Waals surface area contributed by atoms with Crippen LogP contribution in [0, 0.1) is 5.92 Å². The van der Waals surface area contributed by atoms with E-state index in [9.17, 15) is 0 Å². The first-order valence-electron chi connectivity index (χ1n) is 10.5. The van der Waals surface area contributed by atoms with Gasteiger partial charge in [-0.3, -0.25) is 9.89 Å². The van der Waals surface area contributed by atoms with Crippen LogP contribution in [0.3, 0.4) is 0 Å². The molecule has 0 radical (unpaired) electrons. The maximum absolute atomic E-state index is 4.38. The van der Waals surface area contributed by atoms with Crippen LogP contribution in [0.1, 0.15) is 38.7 Å². The molecule has 2 rings (SSSR count). The van der Waals surface area contributed by atoms with Crippen LogP contribution in [-0.4, -0.2) is 68.6 Å². The number of benzene rings is 1. The average Bonchev–Trinajstić information content (AvgIpc) is 3.13. The minimum Gasteiger partial charge on any atom is -0.356 e. The molecule has 1 heterocycles. The van der Waals surface area contributed by atoms with E-state index in [-0.39, 0.29) is 24.0 Å². The third-order valence-corrected chi connectivity index (χ3v) is 5.57. The van der Waals surface area contributed by atoms with Crippen molar-refractivity contribution in [2.24, 2.45) is 10.9 Å². The second kappa shape index (κ2) is 14.2. The summed E-state index contributed by atoms with van der Waals surface area (Å²) in [6.45, 7) is 11.2. The number of nitrogens with zero attached hydrogens (tertiary/aromatic N) is 3. The van der Waals surface area contributed by atoms with Gasteiger partial charge in [-0.05, 0) is 57.8 Å². The number of halogens is 1. The van der Waals surface area contributed by atoms with Gasteiger partial charge in [0.1, 0.15) is 0 Å². The molecule has 1 fully saturated rings. The molecule has 5 nitrogen and oxygen atoms in total. The van der Waals surface area contributed by atoms with Gasteiger partial charge in [0.2, 0.25) is 0 Å². The lowest BCUT2D eigenvalue weighted by atomic mass is 10.1. The fourth-order valence-electron chi connectivity index (χ4n) is 3.71. The van der Waals surface area contributed by atoms with Crippen molar-refractivity contribution in [3.63, 3.8) is 0 Å². The van der Waals surface area contributed by atoms with Crippen LogP contribution in [-0.2, 0) is 6.54 Å². The van der Waals surface area contributed by atoms with Crippen LogP contribution >= 0.6 is 24.0 Å². The molecule has 160 valence electrons. The number of aliphatic imine (C=N–C) groups is 1. The summed E-state index contributed by atoms with van der Waals surface area (Å²) >= 11 is 0. The van der Waals surface area contributed by atoms with E-state index in [2.05, 4.69) is 76.7 Å². The first kappa shape index (κ1) is 25.2. The van der Waals surface area contributed by atoms with Gasteiger partial charge in [-0.1, -0.05) is 37.3 Å². The molecule has 6 heteroatoms. The van der Waals surface area contributed by atoms with E-state index in [1.807, 2.05) is 7.05 Å². The molecule has 0 aliphatic carbocycles. The van der Waals surface area contributed by atoms with Crippen molar-refractivity contribution in [3.05, 3.63) is 35.9 Å². The Hall–Kier alpha value is -0.860. The zero-order valence-electron chi connectivity index (χ0n) is 18.2. The lowest BCUT2D eigenvalue weighted by Gasteiger charge is -2.25. The topological polar surface area (TPSA) is 42.9 Å². The largest absolute Gasteiger partial charge is 0.356 e. The average molecular weight is 502 g/mol. The van der Waals surface area contributed by atoms with Gasteiger partial charge < -0.3 is 15.5 Å². The summed E-state index contributed by atoms with van der Waals surface area (Å²) in [6, 6.07) is 11.2. The number of hydrogen-bond acceptors (Lipinski definition) is 3. The second-order valence-electron chi connectivity index (χ2n) is 7.87. The van der Waals surface area contributed by atoms with Gasteiger partial charge in [0.05, 0.1) is 0 Å². The molecule has 1 aliphatic heterocycles. The third-order valence-electron chi connectivity index (χ3n) is 5.57. The zero-order valence-corrected chi connectivity index (χ0v) is 20.5. The molecule has 1 aromatic carbocycles. The smallest absolute Gasteiger partial charge is 0.190 e. The van der Waals surface area contributed by atoms with Gasteiger partial charge in [-0.25, -0.2) is 0 Å². The van der Waals surface area contributed by atoms with E-state index in [0.29, 0.717) is 6.04 Å². The van der Waals surface area contributed by atoms with Crippen molar-refractivity contribution in [2.75, 3.05) is 46.8 Å². The number of hydrogen-bond donors (Lipinski definition) is 2. The highest BCUT2D eigenvalue weighted by atomic mass is 127. The van der Waals surface area contributed by atoms with Gasteiger partial charge in [-0.15, -0.1) is 24.0 Å². The standard InChI is InChI=1S/C22H39N5.HI/c1-5-14-27-15-12-21(18-27)16-25-22(23-3)24-13-11-19(2)26(4)17-20-9-7-6-8-10-20;/h6-10,19,21H,5,11-18H2,1-4H3,(H2,23,24,25);1H. The molecule has 0 bridgehead atoms. The first-order chi connectivity index (χ1) is 13.1. The number of rotatable bonds is 10. The minimum atomic E-state index is 0. The summed E-state index contributed by atoms with van der Waals surface area (Å²) in [5.74, 6) is 1.67. The normalized spacial score (nSPS) is 18.8. The molecule has 2 atom stereocenters. The predicted molar refractivity (Wildman–Crippen MR) is 132 cm³/mol. The van der Waals surface area contributed by atoms with E-state index in [1.165, 1.54) is 38.0 Å². The summed E-state index contributed by atoms with van der Waals surface area (Å²) in [7, 11) is 4.06. The monoisotopic (exact) mass is 501 g/mol. The van der Waals surface area contributed by atoms with Crippen molar-refractivity contribution < 1.29 is 0 Å². The molecule has 2 N–H and O–H groups in total. The fourth-order valence-corrected chi connectivity index (χ4v) is 3.71. The minimum absolute atomic E-state index is 0. The van der Waals surface area contributed by atoms with Crippen LogP contribution < -0.4 is 10.6 Å². The lowest BCUT2D eigenvalue weighted by Crippen LogP contribution is -2.42. The molecule has 1 aromatic rings. The van der Waals surface area contributed by atoms with Crippen molar-refractivity contribution in [1.82, 2.24) is 20.4 Å². The highest BCUT2D eigenvalue weighted by Crippen LogP contribution is 2.15. The molecule has 2 unspecified atom stereocenters. The van der Waals surface area contributed by atoms with Crippen LogP contribution in [0.25, 0.3) is 0 Å². The van der Waals surface area contributed by atoms with Crippen LogP contribution in [0.2, 0.25) is 0 Å². The van der Waals surface area contributed by atoms with Crippen LogP contribution in [0.5, 0.6) is 0 Å². The van der Waals surface area contributed by atoms with Crippen LogP contribution in [0.15, 0.2) is 35.3 Å².